The Bertz CT molecular complexity index is 929. The Hall–Kier alpha value is -2.34. The average molecular weight is 415 g/mol. The molecule has 2 aromatic rings. The number of sulfonamides is 1. The Kier molecular flexibility index (Phi) is 6.63. The third-order valence-electron chi connectivity index (χ3n) is 5.66. The summed E-state index contributed by atoms with van der Waals surface area (Å²) in [5.41, 5.74) is 2.63. The Balaban J connectivity index is 1.92. The zero-order chi connectivity index (χ0) is 21.0. The van der Waals surface area contributed by atoms with Gasteiger partial charge in [0.25, 0.3) is 10.0 Å². The molecule has 0 radical (unpaired) electrons. The fraction of sp³-hybridized carbons (Fsp3) is 0.435. The van der Waals surface area contributed by atoms with Gasteiger partial charge in [0.05, 0.1) is 10.6 Å². The van der Waals surface area contributed by atoms with E-state index in [0.717, 1.165) is 30.4 Å². The smallest absolute Gasteiger partial charge is 0.264 e. The van der Waals surface area contributed by atoms with Crippen molar-refractivity contribution in [2.45, 2.75) is 44.9 Å². The number of rotatable bonds is 6. The second-order valence-electron chi connectivity index (χ2n) is 7.91. The maximum absolute atomic E-state index is 13.4. The molecule has 1 heterocycles. The number of hydrogen-bond acceptors (Lipinski definition) is 3. The van der Waals surface area contributed by atoms with E-state index in [9.17, 15) is 13.2 Å². The molecule has 1 saturated heterocycles. The van der Waals surface area contributed by atoms with Crippen molar-refractivity contribution in [1.82, 2.24) is 4.90 Å². The lowest BCUT2D eigenvalue weighted by Crippen LogP contribution is -2.45. The molecular formula is C23H30N2O3S. The molecule has 1 aliphatic rings. The van der Waals surface area contributed by atoms with Gasteiger partial charge in [-0.25, -0.2) is 8.42 Å². The lowest BCUT2D eigenvalue weighted by Gasteiger charge is -2.32. The second kappa shape index (κ2) is 8.99. The molecule has 0 saturated carbocycles. The topological polar surface area (TPSA) is 57.7 Å². The van der Waals surface area contributed by atoms with E-state index in [-0.39, 0.29) is 17.3 Å². The van der Waals surface area contributed by atoms with Gasteiger partial charge in [-0.3, -0.25) is 9.10 Å². The highest BCUT2D eigenvalue weighted by Crippen LogP contribution is 2.25. The minimum atomic E-state index is -3.85. The molecule has 3 rings (SSSR count). The van der Waals surface area contributed by atoms with Crippen LogP contribution in [-0.2, 0) is 21.2 Å². The van der Waals surface area contributed by atoms with Crippen LogP contribution in [0.3, 0.4) is 0 Å². The van der Waals surface area contributed by atoms with Crippen molar-refractivity contribution < 1.29 is 13.2 Å². The summed E-state index contributed by atoms with van der Waals surface area (Å²) in [5, 5.41) is 0. The van der Waals surface area contributed by atoms with Crippen LogP contribution in [0.25, 0.3) is 0 Å². The van der Waals surface area contributed by atoms with Crippen LogP contribution >= 0.6 is 0 Å². The Morgan fingerprint density at radius 2 is 1.62 bits per heavy atom. The van der Waals surface area contributed by atoms with Crippen molar-refractivity contribution in [2.24, 2.45) is 5.92 Å². The van der Waals surface area contributed by atoms with Gasteiger partial charge in [-0.15, -0.1) is 0 Å². The maximum Gasteiger partial charge on any atom is 0.264 e. The molecule has 1 fully saturated rings. The molecule has 156 valence electrons. The van der Waals surface area contributed by atoms with Crippen LogP contribution in [0.1, 0.15) is 37.8 Å². The summed E-state index contributed by atoms with van der Waals surface area (Å²) in [7, 11) is -3.85. The van der Waals surface area contributed by atoms with E-state index >= 15 is 0 Å². The first-order valence-electron chi connectivity index (χ1n) is 10.3. The summed E-state index contributed by atoms with van der Waals surface area (Å²) in [6.07, 6.45) is 2.79. The summed E-state index contributed by atoms with van der Waals surface area (Å²) in [5.74, 6) is 0.459. The second-order valence-corrected chi connectivity index (χ2v) is 9.77. The zero-order valence-corrected chi connectivity index (χ0v) is 18.3. The summed E-state index contributed by atoms with van der Waals surface area (Å²) < 4.78 is 28.1. The average Bonchev–Trinajstić information content (AvgIpc) is 2.72. The highest BCUT2D eigenvalue weighted by atomic mass is 32.2. The number of likely N-dealkylation sites (tertiary alicyclic amines) is 1. The number of aryl methyl sites for hydroxylation is 2. The van der Waals surface area contributed by atoms with Crippen molar-refractivity contribution in [2.75, 3.05) is 23.9 Å². The number of hydrogen-bond donors (Lipinski definition) is 0. The standard InChI is InChI=1S/C23H30N2O3S/c1-4-20-7-9-21(10-8-20)25(17-23(26)24-15-13-19(3)14-16-24)29(27,28)22-11-5-18(2)6-12-22/h5-12,19H,4,13-17H2,1-3H3. The largest absolute Gasteiger partial charge is 0.341 e. The van der Waals surface area contributed by atoms with Gasteiger partial charge in [-0.1, -0.05) is 43.7 Å². The molecule has 0 unspecified atom stereocenters. The molecule has 0 N–H and O–H groups in total. The van der Waals surface area contributed by atoms with Crippen LogP contribution in [0.15, 0.2) is 53.4 Å². The number of nitrogens with zero attached hydrogens (tertiary/aromatic N) is 2. The van der Waals surface area contributed by atoms with E-state index in [1.165, 1.54) is 4.31 Å². The quantitative estimate of drug-likeness (QED) is 0.718. The molecule has 2 aromatic carbocycles. The molecular weight excluding hydrogens is 384 g/mol. The van der Waals surface area contributed by atoms with Crippen molar-refractivity contribution in [3.8, 4) is 0 Å². The van der Waals surface area contributed by atoms with Gasteiger partial charge in [0.2, 0.25) is 5.91 Å². The molecule has 0 aliphatic carbocycles. The maximum atomic E-state index is 13.4. The Labute approximate surface area is 174 Å². The number of carbonyl (C=O) groups excluding carboxylic acids is 1. The number of benzene rings is 2. The fourth-order valence-corrected chi connectivity index (χ4v) is 4.95. The highest BCUT2D eigenvalue weighted by molar-refractivity contribution is 7.92. The molecule has 1 aliphatic heterocycles. The third-order valence-corrected chi connectivity index (χ3v) is 7.44. The SMILES string of the molecule is CCc1ccc(N(CC(=O)N2CCC(C)CC2)S(=O)(=O)c2ccc(C)cc2)cc1. The van der Waals surface area contributed by atoms with Gasteiger partial charge >= 0.3 is 0 Å². The van der Waals surface area contributed by atoms with Gasteiger partial charge in [0, 0.05) is 13.1 Å². The van der Waals surface area contributed by atoms with E-state index in [1.807, 2.05) is 19.1 Å². The van der Waals surface area contributed by atoms with Crippen LogP contribution in [-0.4, -0.2) is 38.9 Å². The molecule has 29 heavy (non-hydrogen) atoms. The molecule has 1 amide bonds. The zero-order valence-electron chi connectivity index (χ0n) is 17.5. The Morgan fingerprint density at radius 1 is 1.03 bits per heavy atom. The molecule has 5 nitrogen and oxygen atoms in total. The Morgan fingerprint density at radius 3 is 2.17 bits per heavy atom. The molecule has 0 atom stereocenters. The third kappa shape index (κ3) is 4.99. The summed E-state index contributed by atoms with van der Waals surface area (Å²) in [6.45, 7) is 7.34. The molecule has 0 bridgehead atoms. The van der Waals surface area contributed by atoms with Gasteiger partial charge in [0.1, 0.15) is 6.54 Å². The summed E-state index contributed by atoms with van der Waals surface area (Å²) in [6, 6.07) is 14.2. The summed E-state index contributed by atoms with van der Waals surface area (Å²) >= 11 is 0. The molecule has 0 spiro atoms. The van der Waals surface area contributed by atoms with E-state index in [1.54, 1.807) is 41.3 Å². The van der Waals surface area contributed by atoms with Crippen molar-refractivity contribution >= 4 is 21.6 Å². The highest BCUT2D eigenvalue weighted by Gasteiger charge is 2.30. The number of carbonyl (C=O) groups is 1. The minimum absolute atomic E-state index is 0.146. The van der Waals surface area contributed by atoms with Gasteiger partial charge in [-0.2, -0.15) is 0 Å². The predicted octanol–water partition coefficient (Wildman–Crippen LogP) is 4.01. The number of anilines is 1. The van der Waals surface area contributed by atoms with Crippen LogP contribution in [0.2, 0.25) is 0 Å². The fourth-order valence-electron chi connectivity index (χ4n) is 3.53. The minimum Gasteiger partial charge on any atom is -0.341 e. The first kappa shape index (κ1) is 21.4. The first-order chi connectivity index (χ1) is 13.8. The van der Waals surface area contributed by atoms with E-state index in [0.29, 0.717) is 24.7 Å². The lowest BCUT2D eigenvalue weighted by molar-refractivity contribution is -0.130. The first-order valence-corrected chi connectivity index (χ1v) is 11.7. The predicted molar refractivity (Wildman–Crippen MR) is 117 cm³/mol. The van der Waals surface area contributed by atoms with Crippen LogP contribution in [0.5, 0.6) is 0 Å². The van der Waals surface area contributed by atoms with Crippen molar-refractivity contribution in [3.63, 3.8) is 0 Å². The number of amides is 1. The summed E-state index contributed by atoms with van der Waals surface area (Å²) in [4.78, 5) is 15.0. The van der Waals surface area contributed by atoms with E-state index in [4.69, 9.17) is 0 Å². The van der Waals surface area contributed by atoms with Crippen molar-refractivity contribution in [1.29, 1.82) is 0 Å². The lowest BCUT2D eigenvalue weighted by atomic mass is 9.99. The van der Waals surface area contributed by atoms with Gasteiger partial charge in [0.15, 0.2) is 0 Å². The monoisotopic (exact) mass is 414 g/mol. The van der Waals surface area contributed by atoms with Crippen LogP contribution < -0.4 is 4.31 Å². The van der Waals surface area contributed by atoms with Crippen LogP contribution in [0.4, 0.5) is 5.69 Å². The molecule has 6 heteroatoms. The van der Waals surface area contributed by atoms with E-state index in [2.05, 4.69) is 13.8 Å². The number of piperidine rings is 1. The van der Waals surface area contributed by atoms with E-state index < -0.39 is 10.0 Å². The van der Waals surface area contributed by atoms with Gasteiger partial charge < -0.3 is 4.90 Å². The normalized spacial score (nSPS) is 15.3. The molecule has 0 aromatic heterocycles. The van der Waals surface area contributed by atoms with Gasteiger partial charge in [-0.05, 0) is 61.9 Å². The van der Waals surface area contributed by atoms with Crippen molar-refractivity contribution in [3.05, 3.63) is 59.7 Å². The van der Waals surface area contributed by atoms with Crippen LogP contribution in [0, 0.1) is 12.8 Å².